The van der Waals surface area contributed by atoms with Gasteiger partial charge in [0.25, 0.3) is 5.91 Å². The van der Waals surface area contributed by atoms with Gasteiger partial charge in [-0.15, -0.1) is 0 Å². The Labute approximate surface area is 176 Å². The molecule has 8 heteroatoms. The van der Waals surface area contributed by atoms with Gasteiger partial charge in [0, 0.05) is 27.4 Å². The van der Waals surface area contributed by atoms with Gasteiger partial charge in [-0.3, -0.25) is 4.79 Å². The number of amides is 1. The third-order valence-corrected chi connectivity index (χ3v) is 4.87. The van der Waals surface area contributed by atoms with E-state index in [1.807, 2.05) is 0 Å². The minimum Gasteiger partial charge on any atom is -0.507 e. The molecule has 0 saturated carbocycles. The lowest BCUT2D eigenvalue weighted by Crippen LogP contribution is -2.30. The van der Waals surface area contributed by atoms with Crippen LogP contribution in [0.25, 0.3) is 10.8 Å². The summed E-state index contributed by atoms with van der Waals surface area (Å²) >= 11 is 11.9. The summed E-state index contributed by atoms with van der Waals surface area (Å²) in [6.45, 7) is -0.236. The number of rotatable bonds is 6. The highest BCUT2D eigenvalue weighted by Gasteiger charge is 2.19. The molecule has 0 spiro atoms. The average Bonchev–Trinajstić information content (AvgIpc) is 2.70. The number of ether oxygens (including phenoxy) is 1. The zero-order valence-corrected chi connectivity index (χ0v) is 16.6. The van der Waals surface area contributed by atoms with E-state index < -0.39 is 18.5 Å². The highest BCUT2D eigenvalue weighted by molar-refractivity contribution is 6.35. The number of phenols is 2. The Bertz CT molecular complexity index is 1080. The number of hydrogen-bond acceptors (Lipinski definition) is 5. The van der Waals surface area contributed by atoms with Crippen LogP contribution in [-0.2, 0) is 16.0 Å². The third-order valence-electron chi connectivity index (χ3n) is 4.28. The minimum atomic E-state index is -0.917. The molecule has 6 nitrogen and oxygen atoms in total. The van der Waals surface area contributed by atoms with Crippen LogP contribution in [0.4, 0.5) is 0 Å². The summed E-state index contributed by atoms with van der Waals surface area (Å²) in [5.74, 6) is -1.91. The van der Waals surface area contributed by atoms with E-state index in [1.165, 1.54) is 0 Å². The maximum Gasteiger partial charge on any atom is 0.342 e. The second-order valence-corrected chi connectivity index (χ2v) is 7.09. The fourth-order valence-corrected chi connectivity index (χ4v) is 3.32. The summed E-state index contributed by atoms with van der Waals surface area (Å²) in [4.78, 5) is 24.2. The van der Waals surface area contributed by atoms with E-state index in [-0.39, 0.29) is 17.1 Å². The van der Waals surface area contributed by atoms with Crippen LogP contribution in [0.3, 0.4) is 0 Å². The van der Waals surface area contributed by atoms with Crippen molar-refractivity contribution in [2.24, 2.45) is 0 Å². The Morgan fingerprint density at radius 2 is 1.72 bits per heavy atom. The van der Waals surface area contributed by atoms with Gasteiger partial charge in [0.1, 0.15) is 17.1 Å². The van der Waals surface area contributed by atoms with Crippen LogP contribution >= 0.6 is 23.2 Å². The van der Waals surface area contributed by atoms with E-state index >= 15 is 0 Å². The van der Waals surface area contributed by atoms with Crippen LogP contribution in [0.15, 0.2) is 48.5 Å². The first kappa shape index (κ1) is 20.8. The van der Waals surface area contributed by atoms with E-state index in [4.69, 9.17) is 27.9 Å². The second kappa shape index (κ2) is 9.03. The van der Waals surface area contributed by atoms with Crippen LogP contribution in [-0.4, -0.2) is 35.2 Å². The fraction of sp³-hybridized carbons (Fsp3) is 0.143. The van der Waals surface area contributed by atoms with Gasteiger partial charge < -0.3 is 20.3 Å². The van der Waals surface area contributed by atoms with Gasteiger partial charge in [-0.25, -0.2) is 4.79 Å². The molecule has 0 atom stereocenters. The third kappa shape index (κ3) is 4.91. The van der Waals surface area contributed by atoms with E-state index in [0.717, 1.165) is 11.6 Å². The number of carbonyl (C=O) groups excluding carboxylic acids is 2. The molecule has 0 aliphatic heterocycles. The molecule has 0 aliphatic carbocycles. The first-order valence-electron chi connectivity index (χ1n) is 8.68. The number of phenolic OH excluding ortho intramolecular Hbond substituents is 2. The van der Waals surface area contributed by atoms with Crippen molar-refractivity contribution in [1.82, 2.24) is 5.32 Å². The summed E-state index contributed by atoms with van der Waals surface area (Å²) in [7, 11) is 0. The molecule has 3 N–H and O–H groups in total. The Morgan fingerprint density at radius 3 is 2.45 bits per heavy atom. The average molecular weight is 434 g/mol. The number of carbonyl (C=O) groups is 2. The largest absolute Gasteiger partial charge is 0.507 e. The van der Waals surface area contributed by atoms with Crippen LogP contribution in [0.1, 0.15) is 15.9 Å². The van der Waals surface area contributed by atoms with Crippen molar-refractivity contribution < 1.29 is 24.5 Å². The number of nitrogens with one attached hydrogen (secondary N) is 1. The Balaban J connectivity index is 1.56. The molecule has 3 aromatic rings. The summed E-state index contributed by atoms with van der Waals surface area (Å²) in [6.07, 6.45) is 0.481. The van der Waals surface area contributed by atoms with Crippen LogP contribution in [0.2, 0.25) is 10.0 Å². The molecule has 29 heavy (non-hydrogen) atoms. The maximum absolute atomic E-state index is 12.2. The van der Waals surface area contributed by atoms with Crippen molar-refractivity contribution in [3.05, 3.63) is 69.7 Å². The standard InChI is InChI=1S/C21H17Cl2NO5/c22-13-6-5-12(17(23)9-13)7-8-24-19(26)11-29-21(28)16-10-18(25)14-3-1-2-4-15(14)20(16)27/h1-6,9-10,25,27H,7-8,11H2,(H,24,26). The number of esters is 1. The molecule has 0 bridgehead atoms. The van der Waals surface area contributed by atoms with Crippen molar-refractivity contribution in [3.63, 3.8) is 0 Å². The van der Waals surface area contributed by atoms with E-state index in [1.54, 1.807) is 42.5 Å². The summed E-state index contributed by atoms with van der Waals surface area (Å²) in [5.41, 5.74) is 0.604. The van der Waals surface area contributed by atoms with Gasteiger partial charge >= 0.3 is 5.97 Å². The lowest BCUT2D eigenvalue weighted by molar-refractivity contribution is -0.124. The molecule has 0 radical (unpaired) electrons. The summed E-state index contributed by atoms with van der Waals surface area (Å²) in [5, 5.41) is 24.7. The van der Waals surface area contributed by atoms with Crippen molar-refractivity contribution in [1.29, 1.82) is 0 Å². The van der Waals surface area contributed by atoms with E-state index in [9.17, 15) is 19.8 Å². The van der Waals surface area contributed by atoms with Crippen LogP contribution < -0.4 is 5.32 Å². The molecule has 0 aliphatic rings. The predicted molar refractivity (Wildman–Crippen MR) is 111 cm³/mol. The predicted octanol–water partition coefficient (Wildman–Crippen LogP) is 4.07. The fourth-order valence-electron chi connectivity index (χ4n) is 2.82. The lowest BCUT2D eigenvalue weighted by Gasteiger charge is -2.10. The van der Waals surface area contributed by atoms with Gasteiger partial charge in [0.15, 0.2) is 6.61 Å². The van der Waals surface area contributed by atoms with E-state index in [0.29, 0.717) is 33.8 Å². The number of aromatic hydroxyl groups is 2. The number of benzene rings is 3. The molecule has 0 unspecified atom stereocenters. The Hall–Kier alpha value is -2.96. The molecular weight excluding hydrogens is 417 g/mol. The van der Waals surface area contributed by atoms with Crippen molar-refractivity contribution in [2.45, 2.75) is 6.42 Å². The molecule has 0 heterocycles. The second-order valence-electron chi connectivity index (χ2n) is 6.25. The van der Waals surface area contributed by atoms with Gasteiger partial charge in [-0.1, -0.05) is 53.5 Å². The molecule has 0 saturated heterocycles. The first-order valence-corrected chi connectivity index (χ1v) is 9.44. The normalized spacial score (nSPS) is 10.7. The maximum atomic E-state index is 12.2. The molecule has 3 aromatic carbocycles. The number of fused-ring (bicyclic) bond motifs is 1. The first-order chi connectivity index (χ1) is 13.9. The monoisotopic (exact) mass is 433 g/mol. The zero-order chi connectivity index (χ0) is 21.0. The van der Waals surface area contributed by atoms with Crippen molar-refractivity contribution in [3.8, 4) is 11.5 Å². The molecule has 1 amide bonds. The van der Waals surface area contributed by atoms with Crippen molar-refractivity contribution in [2.75, 3.05) is 13.2 Å². The Kier molecular flexibility index (Phi) is 6.46. The summed E-state index contributed by atoms with van der Waals surface area (Å²) in [6, 6.07) is 12.7. The number of halogens is 2. The summed E-state index contributed by atoms with van der Waals surface area (Å²) < 4.78 is 4.95. The van der Waals surface area contributed by atoms with Crippen LogP contribution in [0, 0.1) is 0 Å². The molecular formula is C21H17Cl2NO5. The lowest BCUT2D eigenvalue weighted by atomic mass is 10.0. The molecule has 150 valence electrons. The minimum absolute atomic E-state index is 0.172. The van der Waals surface area contributed by atoms with Gasteiger partial charge in [-0.2, -0.15) is 0 Å². The van der Waals surface area contributed by atoms with Crippen LogP contribution in [0.5, 0.6) is 11.5 Å². The van der Waals surface area contributed by atoms with Crippen molar-refractivity contribution >= 4 is 45.9 Å². The number of hydrogen-bond donors (Lipinski definition) is 3. The van der Waals surface area contributed by atoms with Gasteiger partial charge in [0.05, 0.1) is 0 Å². The smallest absolute Gasteiger partial charge is 0.342 e. The van der Waals surface area contributed by atoms with Gasteiger partial charge in [-0.05, 0) is 30.2 Å². The quantitative estimate of drug-likeness (QED) is 0.402. The zero-order valence-electron chi connectivity index (χ0n) is 15.1. The highest BCUT2D eigenvalue weighted by atomic mass is 35.5. The highest BCUT2D eigenvalue weighted by Crippen LogP contribution is 2.35. The molecule has 0 fully saturated rings. The van der Waals surface area contributed by atoms with E-state index in [2.05, 4.69) is 5.32 Å². The topological polar surface area (TPSA) is 95.9 Å². The SMILES string of the molecule is O=C(COC(=O)c1cc(O)c2ccccc2c1O)NCCc1ccc(Cl)cc1Cl. The molecule has 0 aromatic heterocycles. The molecule has 3 rings (SSSR count). The Morgan fingerprint density at radius 1 is 1.00 bits per heavy atom. The van der Waals surface area contributed by atoms with Gasteiger partial charge in [0.2, 0.25) is 0 Å².